The predicted octanol–water partition coefficient (Wildman–Crippen LogP) is 2.38. The van der Waals surface area contributed by atoms with Gasteiger partial charge in [-0.25, -0.2) is 9.18 Å². The second-order valence-electron chi connectivity index (χ2n) is 6.47. The van der Waals surface area contributed by atoms with Crippen molar-refractivity contribution in [2.75, 3.05) is 21.7 Å². The molecule has 3 amide bonds. The van der Waals surface area contributed by atoms with Gasteiger partial charge >= 0.3 is 5.97 Å². The van der Waals surface area contributed by atoms with Gasteiger partial charge in [-0.05, 0) is 30.3 Å². The number of nitrogens with one attached hydrogen (secondary N) is 2. The van der Waals surface area contributed by atoms with Crippen LogP contribution < -0.4 is 15.5 Å². The smallest absolute Gasteiger partial charge is 0.327 e. The number of carbonyl (C=O) groups is 4. The standard InChI is InChI=1S/C20H18FN3O5S/c1-11(25)22-15(20(28)29)9-30-10-18(26)24-16-7-6-12(21)8-13(16)19(27)23-14-4-2-3-5-17(14)24/h2-8,15H,9-10H2,1H3,(H,22,25)(H,23,27)(H,28,29). The summed E-state index contributed by atoms with van der Waals surface area (Å²) < 4.78 is 13.8. The van der Waals surface area contributed by atoms with E-state index in [1.807, 2.05) is 0 Å². The van der Waals surface area contributed by atoms with Crippen molar-refractivity contribution in [2.45, 2.75) is 13.0 Å². The second-order valence-corrected chi connectivity index (χ2v) is 7.50. The topological polar surface area (TPSA) is 116 Å². The number of fused-ring (bicyclic) bond motifs is 2. The number of carbonyl (C=O) groups excluding carboxylic acids is 3. The molecule has 1 aliphatic heterocycles. The maximum absolute atomic E-state index is 13.8. The van der Waals surface area contributed by atoms with Gasteiger partial charge in [-0.3, -0.25) is 19.3 Å². The van der Waals surface area contributed by atoms with Crippen LogP contribution in [-0.4, -0.2) is 46.3 Å². The average Bonchev–Trinajstić information content (AvgIpc) is 2.80. The highest BCUT2D eigenvalue weighted by Gasteiger charge is 2.30. The van der Waals surface area contributed by atoms with Crippen molar-refractivity contribution >= 4 is 52.5 Å². The Labute approximate surface area is 175 Å². The van der Waals surface area contributed by atoms with Crippen LogP contribution in [0.2, 0.25) is 0 Å². The monoisotopic (exact) mass is 431 g/mol. The lowest BCUT2D eigenvalue weighted by Gasteiger charge is -2.24. The van der Waals surface area contributed by atoms with Crippen LogP contribution in [0.3, 0.4) is 0 Å². The summed E-state index contributed by atoms with van der Waals surface area (Å²) in [6.45, 7) is 1.21. The van der Waals surface area contributed by atoms with E-state index in [1.165, 1.54) is 17.9 Å². The average molecular weight is 431 g/mol. The zero-order chi connectivity index (χ0) is 21.8. The number of anilines is 3. The largest absolute Gasteiger partial charge is 0.480 e. The second kappa shape index (κ2) is 8.95. The number of hydrogen-bond donors (Lipinski definition) is 3. The lowest BCUT2D eigenvalue weighted by atomic mass is 10.1. The molecule has 8 nitrogen and oxygen atoms in total. The molecule has 0 saturated carbocycles. The van der Waals surface area contributed by atoms with Gasteiger partial charge in [0.2, 0.25) is 11.8 Å². The molecule has 156 valence electrons. The summed E-state index contributed by atoms with van der Waals surface area (Å²) in [6.07, 6.45) is 0. The van der Waals surface area contributed by atoms with Crippen LogP contribution in [0.5, 0.6) is 0 Å². The van der Waals surface area contributed by atoms with Crippen molar-refractivity contribution in [2.24, 2.45) is 0 Å². The van der Waals surface area contributed by atoms with E-state index in [1.54, 1.807) is 24.3 Å². The highest BCUT2D eigenvalue weighted by atomic mass is 32.2. The third-order valence-electron chi connectivity index (χ3n) is 4.27. The van der Waals surface area contributed by atoms with Gasteiger partial charge in [0.1, 0.15) is 11.9 Å². The van der Waals surface area contributed by atoms with E-state index in [2.05, 4.69) is 10.6 Å². The number of para-hydroxylation sites is 2. The Morgan fingerprint density at radius 3 is 2.63 bits per heavy atom. The fourth-order valence-corrected chi connectivity index (χ4v) is 3.88. The highest BCUT2D eigenvalue weighted by molar-refractivity contribution is 8.00. The Morgan fingerprint density at radius 2 is 1.93 bits per heavy atom. The van der Waals surface area contributed by atoms with Gasteiger partial charge < -0.3 is 15.7 Å². The number of benzene rings is 2. The van der Waals surface area contributed by atoms with E-state index >= 15 is 0 Å². The Balaban J connectivity index is 1.88. The summed E-state index contributed by atoms with van der Waals surface area (Å²) in [5, 5.41) is 14.2. The van der Waals surface area contributed by atoms with Crippen molar-refractivity contribution in [3.8, 4) is 0 Å². The summed E-state index contributed by atoms with van der Waals surface area (Å²) in [5.74, 6) is -3.43. The highest BCUT2D eigenvalue weighted by Crippen LogP contribution is 2.38. The number of nitrogens with zero attached hydrogens (tertiary/aromatic N) is 1. The zero-order valence-corrected chi connectivity index (χ0v) is 16.7. The molecule has 1 unspecified atom stereocenters. The number of aliphatic carboxylic acids is 1. The third kappa shape index (κ3) is 4.60. The number of carboxylic acids is 1. The normalized spacial score (nSPS) is 13.4. The molecule has 0 spiro atoms. The Morgan fingerprint density at radius 1 is 1.20 bits per heavy atom. The van der Waals surface area contributed by atoms with Crippen LogP contribution in [0.15, 0.2) is 42.5 Å². The van der Waals surface area contributed by atoms with Crippen LogP contribution in [0.1, 0.15) is 17.3 Å². The Bertz CT molecular complexity index is 1030. The number of rotatable bonds is 6. The third-order valence-corrected chi connectivity index (χ3v) is 5.29. The first-order chi connectivity index (χ1) is 14.3. The fraction of sp³-hybridized carbons (Fsp3) is 0.200. The fourth-order valence-electron chi connectivity index (χ4n) is 3.00. The van der Waals surface area contributed by atoms with Crippen LogP contribution in [0.4, 0.5) is 21.5 Å². The van der Waals surface area contributed by atoms with Crippen LogP contribution in [0, 0.1) is 5.82 Å². The van der Waals surface area contributed by atoms with Crippen LogP contribution in [-0.2, 0) is 14.4 Å². The number of thioether (sulfide) groups is 1. The molecule has 0 saturated heterocycles. The number of halogens is 1. The molecular weight excluding hydrogens is 413 g/mol. The Hall–Kier alpha value is -3.40. The maximum Gasteiger partial charge on any atom is 0.327 e. The molecule has 0 aromatic heterocycles. The maximum atomic E-state index is 13.8. The minimum absolute atomic E-state index is 0.00575. The summed E-state index contributed by atoms with van der Waals surface area (Å²) >= 11 is 1.03. The molecular formula is C20H18FN3O5S. The van der Waals surface area contributed by atoms with Crippen molar-refractivity contribution in [3.05, 3.63) is 53.8 Å². The minimum Gasteiger partial charge on any atom is -0.480 e. The van der Waals surface area contributed by atoms with Gasteiger partial charge in [0.05, 0.1) is 28.4 Å². The van der Waals surface area contributed by atoms with Crippen LogP contribution >= 0.6 is 11.8 Å². The van der Waals surface area contributed by atoms with E-state index in [9.17, 15) is 28.7 Å². The van der Waals surface area contributed by atoms with E-state index < -0.39 is 35.5 Å². The molecule has 2 aromatic rings. The van der Waals surface area contributed by atoms with E-state index in [-0.39, 0.29) is 22.8 Å². The molecule has 3 N–H and O–H groups in total. The quantitative estimate of drug-likeness (QED) is 0.647. The molecule has 1 atom stereocenters. The lowest BCUT2D eigenvalue weighted by molar-refractivity contribution is -0.140. The van der Waals surface area contributed by atoms with Crippen molar-refractivity contribution < 1.29 is 28.7 Å². The first kappa shape index (κ1) is 21.3. The number of carboxylic acid groups (broad SMARTS) is 1. The van der Waals surface area contributed by atoms with E-state index in [0.29, 0.717) is 11.4 Å². The lowest BCUT2D eigenvalue weighted by Crippen LogP contribution is -2.41. The van der Waals surface area contributed by atoms with Crippen molar-refractivity contribution in [1.29, 1.82) is 0 Å². The SMILES string of the molecule is CC(=O)NC(CSCC(=O)N1c2ccccc2NC(=O)c2cc(F)ccc21)C(=O)O. The molecule has 0 aliphatic carbocycles. The molecule has 10 heteroatoms. The summed E-state index contributed by atoms with van der Waals surface area (Å²) in [4.78, 5) is 49.3. The van der Waals surface area contributed by atoms with Gasteiger partial charge in [-0.2, -0.15) is 0 Å². The predicted molar refractivity (Wildman–Crippen MR) is 111 cm³/mol. The van der Waals surface area contributed by atoms with Crippen molar-refractivity contribution in [3.63, 3.8) is 0 Å². The molecule has 0 fully saturated rings. The van der Waals surface area contributed by atoms with Gasteiger partial charge in [-0.1, -0.05) is 12.1 Å². The molecule has 1 heterocycles. The van der Waals surface area contributed by atoms with Gasteiger partial charge in [0.25, 0.3) is 5.91 Å². The summed E-state index contributed by atoms with van der Waals surface area (Å²) in [6, 6.07) is 9.09. The van der Waals surface area contributed by atoms with Gasteiger partial charge in [0.15, 0.2) is 0 Å². The molecule has 3 rings (SSSR count). The molecule has 2 aromatic carbocycles. The zero-order valence-electron chi connectivity index (χ0n) is 15.8. The Kier molecular flexibility index (Phi) is 6.36. The van der Waals surface area contributed by atoms with Crippen molar-refractivity contribution in [1.82, 2.24) is 5.32 Å². The first-order valence-corrected chi connectivity index (χ1v) is 10.0. The molecule has 0 bridgehead atoms. The first-order valence-electron chi connectivity index (χ1n) is 8.88. The minimum atomic E-state index is -1.21. The number of amides is 3. The molecule has 30 heavy (non-hydrogen) atoms. The van der Waals surface area contributed by atoms with E-state index in [0.717, 1.165) is 23.9 Å². The number of hydrogen-bond acceptors (Lipinski definition) is 5. The van der Waals surface area contributed by atoms with Gasteiger partial charge in [0, 0.05) is 12.7 Å². The van der Waals surface area contributed by atoms with Crippen LogP contribution in [0.25, 0.3) is 0 Å². The molecule has 0 radical (unpaired) electrons. The van der Waals surface area contributed by atoms with Gasteiger partial charge in [-0.15, -0.1) is 11.8 Å². The summed E-state index contributed by atoms with van der Waals surface area (Å²) in [7, 11) is 0. The van der Waals surface area contributed by atoms with E-state index in [4.69, 9.17) is 0 Å². The molecule has 1 aliphatic rings. The summed E-state index contributed by atoms with van der Waals surface area (Å²) in [5.41, 5.74) is 1.03.